The second-order valence-corrected chi connectivity index (χ2v) is 10.3. The van der Waals surface area contributed by atoms with Gasteiger partial charge in [-0.3, -0.25) is 4.79 Å². The largest absolute Gasteiger partial charge is 0.476 e. The third kappa shape index (κ3) is 6.38. The monoisotopic (exact) mass is 474 g/mol. The van der Waals surface area contributed by atoms with E-state index in [-0.39, 0.29) is 28.7 Å². The Hall–Kier alpha value is -2.34. The fourth-order valence-corrected chi connectivity index (χ4v) is 4.89. The second kappa shape index (κ2) is 10.7. The van der Waals surface area contributed by atoms with E-state index in [9.17, 15) is 14.7 Å². The van der Waals surface area contributed by atoms with Gasteiger partial charge in [-0.15, -0.1) is 0 Å². The van der Waals surface area contributed by atoms with Crippen LogP contribution in [0.15, 0.2) is 24.3 Å². The van der Waals surface area contributed by atoms with Crippen LogP contribution in [0.5, 0.6) is 0 Å². The van der Waals surface area contributed by atoms with Crippen LogP contribution in [-0.2, 0) is 22.5 Å². The molecule has 1 aliphatic rings. The molecule has 1 aromatic heterocycles. The lowest BCUT2D eigenvalue weighted by Gasteiger charge is -2.32. The third-order valence-electron chi connectivity index (χ3n) is 6.18. The van der Waals surface area contributed by atoms with Gasteiger partial charge in [0.1, 0.15) is 11.4 Å². The number of ether oxygens (including phenoxy) is 1. The first-order valence-electron chi connectivity index (χ1n) is 11.9. The first-order chi connectivity index (χ1) is 15.6. The predicted octanol–water partition coefficient (Wildman–Crippen LogP) is 6.24. The summed E-state index contributed by atoms with van der Waals surface area (Å²) >= 11 is 6.15. The number of carboxylic acid groups (broad SMARTS) is 1. The number of rotatable bonds is 8. The van der Waals surface area contributed by atoms with Gasteiger partial charge in [-0.1, -0.05) is 62.1 Å². The van der Waals surface area contributed by atoms with Crippen molar-refractivity contribution in [2.75, 3.05) is 0 Å². The van der Waals surface area contributed by atoms with Gasteiger partial charge in [0.05, 0.1) is 5.92 Å². The minimum Gasteiger partial charge on any atom is -0.476 e. The lowest BCUT2D eigenvalue weighted by molar-refractivity contribution is -0.161. The van der Waals surface area contributed by atoms with Gasteiger partial charge < -0.3 is 14.4 Å². The standard InChI is InChI=1S/C26H35ClN2O4/c1-5-6-11-21-28-23(27)22(24(30)31)29(21)16-17-12-14-18(15-13-17)19-9-7-8-10-20(19)25(32)33-26(2,3)4/h12-15,19-20H,5-11,16H2,1-4H3,(H,30,31)/t19-,20+/m0/s1. The van der Waals surface area contributed by atoms with E-state index in [0.29, 0.717) is 18.8 Å². The molecule has 0 radical (unpaired) electrons. The van der Waals surface area contributed by atoms with E-state index in [1.165, 1.54) is 0 Å². The Bertz CT molecular complexity index is 975. The number of aromatic nitrogens is 2. The number of unbranched alkanes of at least 4 members (excludes halogenated alkanes) is 1. The molecule has 2 aromatic rings. The Labute approximate surface area is 201 Å². The Morgan fingerprint density at radius 1 is 1.18 bits per heavy atom. The maximum atomic E-state index is 12.8. The van der Waals surface area contributed by atoms with Gasteiger partial charge in [-0.25, -0.2) is 9.78 Å². The van der Waals surface area contributed by atoms with E-state index in [0.717, 1.165) is 49.7 Å². The highest BCUT2D eigenvalue weighted by molar-refractivity contribution is 6.32. The first kappa shape index (κ1) is 25.3. The van der Waals surface area contributed by atoms with Crippen molar-refractivity contribution in [1.82, 2.24) is 9.55 Å². The summed E-state index contributed by atoms with van der Waals surface area (Å²) < 4.78 is 7.41. The van der Waals surface area contributed by atoms with E-state index in [1.807, 2.05) is 32.9 Å². The molecule has 7 heteroatoms. The molecule has 0 aliphatic heterocycles. The first-order valence-corrected chi connectivity index (χ1v) is 12.3. The molecule has 33 heavy (non-hydrogen) atoms. The van der Waals surface area contributed by atoms with Crippen LogP contribution in [0.25, 0.3) is 0 Å². The Morgan fingerprint density at radius 3 is 2.45 bits per heavy atom. The lowest BCUT2D eigenvalue weighted by atomic mass is 9.75. The van der Waals surface area contributed by atoms with Crippen molar-refractivity contribution in [3.05, 3.63) is 52.1 Å². The van der Waals surface area contributed by atoms with Crippen molar-refractivity contribution in [1.29, 1.82) is 0 Å². The highest BCUT2D eigenvalue weighted by atomic mass is 35.5. The zero-order chi connectivity index (χ0) is 24.2. The van der Waals surface area contributed by atoms with Gasteiger partial charge in [0.2, 0.25) is 0 Å². The van der Waals surface area contributed by atoms with Crippen LogP contribution in [0.1, 0.15) is 99.6 Å². The number of halogens is 1. The van der Waals surface area contributed by atoms with E-state index in [2.05, 4.69) is 24.0 Å². The van der Waals surface area contributed by atoms with Crippen LogP contribution < -0.4 is 0 Å². The summed E-state index contributed by atoms with van der Waals surface area (Å²) in [5.41, 5.74) is 1.64. The highest BCUT2D eigenvalue weighted by Crippen LogP contribution is 2.39. The van der Waals surface area contributed by atoms with Crippen molar-refractivity contribution < 1.29 is 19.4 Å². The van der Waals surface area contributed by atoms with Gasteiger partial charge in [0.25, 0.3) is 0 Å². The van der Waals surface area contributed by atoms with Crippen molar-refractivity contribution in [3.63, 3.8) is 0 Å². The molecule has 1 fully saturated rings. The molecule has 180 valence electrons. The summed E-state index contributed by atoms with van der Waals surface area (Å²) in [4.78, 5) is 28.9. The third-order valence-corrected chi connectivity index (χ3v) is 6.45. The molecule has 3 rings (SSSR count). The Balaban J connectivity index is 1.82. The fourth-order valence-electron chi connectivity index (χ4n) is 4.61. The summed E-state index contributed by atoms with van der Waals surface area (Å²) in [6, 6.07) is 8.15. The number of esters is 1. The second-order valence-electron chi connectivity index (χ2n) is 9.93. The Morgan fingerprint density at radius 2 is 1.85 bits per heavy atom. The smallest absolute Gasteiger partial charge is 0.355 e. The molecule has 0 saturated heterocycles. The molecule has 1 aromatic carbocycles. The normalized spacial score (nSPS) is 18.8. The van der Waals surface area contributed by atoms with E-state index in [1.54, 1.807) is 4.57 Å². The van der Waals surface area contributed by atoms with Gasteiger partial charge in [-0.2, -0.15) is 0 Å². The maximum absolute atomic E-state index is 12.8. The van der Waals surface area contributed by atoms with Crippen LogP contribution in [-0.4, -0.2) is 32.2 Å². The van der Waals surface area contributed by atoms with Crippen LogP contribution in [0.4, 0.5) is 0 Å². The fraction of sp³-hybridized carbons (Fsp3) is 0.577. The van der Waals surface area contributed by atoms with Crippen LogP contribution in [0.3, 0.4) is 0 Å². The minimum atomic E-state index is -1.07. The van der Waals surface area contributed by atoms with Gasteiger partial charge in [0, 0.05) is 13.0 Å². The quantitative estimate of drug-likeness (QED) is 0.458. The predicted molar refractivity (Wildman–Crippen MR) is 129 cm³/mol. The number of carbonyl (C=O) groups is 2. The molecule has 1 aliphatic carbocycles. The van der Waals surface area contributed by atoms with Gasteiger partial charge in [-0.05, 0) is 57.1 Å². The lowest BCUT2D eigenvalue weighted by Crippen LogP contribution is -2.33. The molecule has 0 bridgehead atoms. The highest BCUT2D eigenvalue weighted by Gasteiger charge is 2.35. The number of carbonyl (C=O) groups excluding carboxylic acids is 1. The van der Waals surface area contributed by atoms with Crippen molar-refractivity contribution in [2.45, 2.75) is 90.7 Å². The molecule has 1 saturated carbocycles. The van der Waals surface area contributed by atoms with Gasteiger partial charge in [0.15, 0.2) is 10.8 Å². The zero-order valence-corrected chi connectivity index (χ0v) is 20.8. The van der Waals surface area contributed by atoms with Crippen LogP contribution >= 0.6 is 11.6 Å². The average Bonchev–Trinajstić information content (AvgIpc) is 3.06. The number of hydrogen-bond acceptors (Lipinski definition) is 4. The number of benzene rings is 1. The molecular weight excluding hydrogens is 440 g/mol. The maximum Gasteiger partial charge on any atom is 0.355 e. The number of hydrogen-bond donors (Lipinski definition) is 1. The summed E-state index contributed by atoms with van der Waals surface area (Å²) in [6.07, 6.45) is 6.53. The number of imidazole rings is 1. The summed E-state index contributed by atoms with van der Waals surface area (Å²) in [5, 5.41) is 9.69. The van der Waals surface area contributed by atoms with E-state index < -0.39 is 11.6 Å². The van der Waals surface area contributed by atoms with Crippen molar-refractivity contribution in [2.24, 2.45) is 5.92 Å². The van der Waals surface area contributed by atoms with Crippen LogP contribution in [0, 0.1) is 5.92 Å². The minimum absolute atomic E-state index is 0.0316. The van der Waals surface area contributed by atoms with Gasteiger partial charge >= 0.3 is 11.9 Å². The summed E-state index contributed by atoms with van der Waals surface area (Å²) in [5.74, 6) is -0.485. The molecule has 0 spiro atoms. The van der Waals surface area contributed by atoms with E-state index >= 15 is 0 Å². The SMILES string of the molecule is CCCCc1nc(Cl)c(C(=O)O)n1Cc1ccc([C@@H]2CCCC[C@H]2C(=O)OC(C)(C)C)cc1. The summed E-state index contributed by atoms with van der Waals surface area (Å²) in [6.45, 7) is 8.18. The van der Waals surface area contributed by atoms with Crippen molar-refractivity contribution >= 4 is 23.5 Å². The van der Waals surface area contributed by atoms with E-state index in [4.69, 9.17) is 16.3 Å². The average molecular weight is 475 g/mol. The molecular formula is C26H35ClN2O4. The van der Waals surface area contributed by atoms with Crippen molar-refractivity contribution in [3.8, 4) is 0 Å². The number of aromatic carboxylic acids is 1. The number of aryl methyl sites for hydroxylation is 1. The molecule has 1 heterocycles. The molecule has 0 unspecified atom stereocenters. The van der Waals surface area contributed by atoms with Crippen LogP contribution in [0.2, 0.25) is 5.15 Å². The molecule has 0 amide bonds. The molecule has 6 nitrogen and oxygen atoms in total. The summed E-state index contributed by atoms with van der Waals surface area (Å²) in [7, 11) is 0. The molecule has 1 N–H and O–H groups in total. The topological polar surface area (TPSA) is 81.4 Å². The molecule has 2 atom stereocenters. The zero-order valence-electron chi connectivity index (χ0n) is 20.1. The number of carboxylic acids is 1. The number of nitrogens with zero attached hydrogens (tertiary/aromatic N) is 2. The Kier molecular flexibility index (Phi) is 8.22.